The molecule has 3 N–H and O–H groups in total. The Morgan fingerprint density at radius 2 is 1.70 bits per heavy atom. The first-order valence-corrected chi connectivity index (χ1v) is 11.4. The Kier molecular flexibility index (Phi) is 9.90. The van der Waals surface area contributed by atoms with Gasteiger partial charge >= 0.3 is 6.09 Å². The molecular formula is C25H41N3O5. The van der Waals surface area contributed by atoms with Crippen LogP contribution in [0.25, 0.3) is 0 Å². The van der Waals surface area contributed by atoms with Crippen molar-refractivity contribution < 1.29 is 24.2 Å². The van der Waals surface area contributed by atoms with Gasteiger partial charge in [0.2, 0.25) is 11.8 Å². The van der Waals surface area contributed by atoms with E-state index in [1.165, 1.54) is 4.90 Å². The van der Waals surface area contributed by atoms with Gasteiger partial charge in [-0.25, -0.2) is 4.79 Å². The van der Waals surface area contributed by atoms with Crippen molar-refractivity contribution in [2.45, 2.75) is 98.0 Å². The SMILES string of the molecule is CCC(C)(C)N(C(=O)C(CO)NC(=O)OC(C)(C)C)C(C(=O)NC(C)C)c1cccc(C)c1. The van der Waals surface area contributed by atoms with Crippen molar-refractivity contribution in [3.63, 3.8) is 0 Å². The van der Waals surface area contributed by atoms with Gasteiger partial charge in [0, 0.05) is 11.6 Å². The van der Waals surface area contributed by atoms with Crippen LogP contribution in [0.2, 0.25) is 0 Å². The van der Waals surface area contributed by atoms with Gasteiger partial charge in [0.25, 0.3) is 0 Å². The summed E-state index contributed by atoms with van der Waals surface area (Å²) in [6.45, 7) is 15.7. The monoisotopic (exact) mass is 463 g/mol. The van der Waals surface area contributed by atoms with Crippen molar-refractivity contribution in [1.82, 2.24) is 15.5 Å². The van der Waals surface area contributed by atoms with Crippen LogP contribution in [0, 0.1) is 6.92 Å². The summed E-state index contributed by atoms with van der Waals surface area (Å²) in [5.74, 6) is -0.903. The number of hydrogen-bond acceptors (Lipinski definition) is 5. The van der Waals surface area contributed by atoms with Crippen LogP contribution >= 0.6 is 0 Å². The molecule has 1 aromatic carbocycles. The standard InChI is InChI=1S/C25H41N3O5/c1-10-25(8,9)28(22(31)19(15-29)27-23(32)33-24(5,6)7)20(21(30)26-16(2)3)18-13-11-12-17(4)14-18/h11-14,16,19-20,29H,10,15H2,1-9H3,(H,26,30)(H,27,32). The predicted octanol–water partition coefficient (Wildman–Crippen LogP) is 3.46. The van der Waals surface area contributed by atoms with E-state index in [0.717, 1.165) is 5.56 Å². The largest absolute Gasteiger partial charge is 0.444 e. The number of hydrogen-bond donors (Lipinski definition) is 3. The maximum absolute atomic E-state index is 13.8. The van der Waals surface area contributed by atoms with Crippen molar-refractivity contribution in [2.24, 2.45) is 0 Å². The second-order valence-corrected chi connectivity index (χ2v) is 10.2. The highest BCUT2D eigenvalue weighted by Crippen LogP contribution is 2.32. The Balaban J connectivity index is 3.53. The fourth-order valence-corrected chi connectivity index (χ4v) is 3.37. The molecule has 2 atom stereocenters. The summed E-state index contributed by atoms with van der Waals surface area (Å²) in [6.07, 6.45) is -0.275. The number of nitrogens with one attached hydrogen (secondary N) is 2. The van der Waals surface area contributed by atoms with Crippen molar-refractivity contribution >= 4 is 17.9 Å². The normalized spacial score (nSPS) is 13.8. The molecule has 3 amide bonds. The van der Waals surface area contributed by atoms with Crippen LogP contribution < -0.4 is 10.6 Å². The highest BCUT2D eigenvalue weighted by molar-refractivity contribution is 5.92. The number of aliphatic hydroxyl groups excluding tert-OH is 1. The minimum atomic E-state index is -1.27. The zero-order valence-electron chi connectivity index (χ0n) is 21.5. The predicted molar refractivity (Wildman–Crippen MR) is 129 cm³/mol. The number of amides is 3. The zero-order chi connectivity index (χ0) is 25.6. The number of rotatable bonds is 9. The fraction of sp³-hybridized carbons (Fsp3) is 0.640. The van der Waals surface area contributed by atoms with Crippen molar-refractivity contribution in [3.05, 3.63) is 35.4 Å². The average Bonchev–Trinajstić information content (AvgIpc) is 2.67. The van der Waals surface area contributed by atoms with Crippen LogP contribution in [0.15, 0.2) is 24.3 Å². The lowest BCUT2D eigenvalue weighted by Gasteiger charge is -2.44. The molecule has 186 valence electrons. The molecule has 0 heterocycles. The number of aryl methyl sites for hydroxylation is 1. The minimum Gasteiger partial charge on any atom is -0.444 e. The summed E-state index contributed by atoms with van der Waals surface area (Å²) in [4.78, 5) is 41.0. The van der Waals surface area contributed by atoms with E-state index in [0.29, 0.717) is 12.0 Å². The van der Waals surface area contributed by atoms with Gasteiger partial charge in [-0.2, -0.15) is 0 Å². The maximum atomic E-state index is 13.8. The van der Waals surface area contributed by atoms with Crippen LogP contribution in [-0.2, 0) is 14.3 Å². The summed E-state index contributed by atoms with van der Waals surface area (Å²) in [6, 6.07) is 5.06. The van der Waals surface area contributed by atoms with E-state index in [1.54, 1.807) is 26.8 Å². The first-order chi connectivity index (χ1) is 15.1. The molecule has 0 radical (unpaired) electrons. The van der Waals surface area contributed by atoms with Gasteiger partial charge in [-0.15, -0.1) is 0 Å². The molecule has 8 nitrogen and oxygen atoms in total. The molecule has 0 aromatic heterocycles. The number of nitrogens with zero attached hydrogens (tertiary/aromatic N) is 1. The van der Waals surface area contributed by atoms with E-state index in [1.807, 2.05) is 59.7 Å². The first kappa shape index (κ1) is 28.4. The third-order valence-electron chi connectivity index (χ3n) is 5.22. The van der Waals surface area contributed by atoms with E-state index >= 15 is 0 Å². The third kappa shape index (κ3) is 8.35. The molecule has 0 spiro atoms. The van der Waals surface area contributed by atoms with Gasteiger partial charge < -0.3 is 25.4 Å². The quantitative estimate of drug-likeness (QED) is 0.520. The molecule has 0 bridgehead atoms. The van der Waals surface area contributed by atoms with Gasteiger partial charge in [-0.3, -0.25) is 9.59 Å². The summed E-state index contributed by atoms with van der Waals surface area (Å²) in [7, 11) is 0. The Hall–Kier alpha value is -2.61. The van der Waals surface area contributed by atoms with Gasteiger partial charge in [-0.1, -0.05) is 36.8 Å². The highest BCUT2D eigenvalue weighted by Gasteiger charge is 2.43. The minimum absolute atomic E-state index is 0.139. The molecule has 0 fully saturated rings. The second-order valence-electron chi connectivity index (χ2n) is 10.2. The molecular weight excluding hydrogens is 422 g/mol. The molecule has 0 aliphatic heterocycles. The summed E-state index contributed by atoms with van der Waals surface area (Å²) in [5, 5.41) is 15.4. The topological polar surface area (TPSA) is 108 Å². The Morgan fingerprint density at radius 3 is 2.15 bits per heavy atom. The molecule has 0 aliphatic rings. The molecule has 1 rings (SSSR count). The lowest BCUT2D eigenvalue weighted by atomic mass is 9.91. The summed E-state index contributed by atoms with van der Waals surface area (Å²) >= 11 is 0. The smallest absolute Gasteiger partial charge is 0.408 e. The number of alkyl carbamates (subject to hydrolysis) is 1. The van der Waals surface area contributed by atoms with Crippen molar-refractivity contribution in [2.75, 3.05) is 6.61 Å². The average molecular weight is 464 g/mol. The van der Waals surface area contributed by atoms with Crippen LogP contribution in [0.3, 0.4) is 0 Å². The van der Waals surface area contributed by atoms with Crippen LogP contribution in [-0.4, -0.2) is 57.7 Å². The molecule has 33 heavy (non-hydrogen) atoms. The molecule has 0 aliphatic carbocycles. The van der Waals surface area contributed by atoms with Crippen LogP contribution in [0.1, 0.15) is 79.0 Å². The maximum Gasteiger partial charge on any atom is 0.408 e. The molecule has 2 unspecified atom stereocenters. The Morgan fingerprint density at radius 1 is 1.09 bits per heavy atom. The molecule has 0 saturated heterocycles. The molecule has 1 aromatic rings. The number of aliphatic hydroxyl groups is 1. The van der Waals surface area contributed by atoms with Gasteiger partial charge in [0.05, 0.1) is 6.61 Å². The highest BCUT2D eigenvalue weighted by atomic mass is 16.6. The van der Waals surface area contributed by atoms with Gasteiger partial charge in [-0.05, 0) is 67.4 Å². The number of carbonyl (C=O) groups is 3. The lowest BCUT2D eigenvalue weighted by Crippen LogP contribution is -2.60. The molecule has 0 saturated carbocycles. The van der Waals surface area contributed by atoms with Crippen LogP contribution in [0.4, 0.5) is 4.79 Å². The lowest BCUT2D eigenvalue weighted by molar-refractivity contribution is -0.150. The fourth-order valence-electron chi connectivity index (χ4n) is 3.37. The van der Waals surface area contributed by atoms with E-state index in [2.05, 4.69) is 10.6 Å². The number of carbonyl (C=O) groups excluding carboxylic acids is 3. The Labute approximate surface area is 198 Å². The second kappa shape index (κ2) is 11.5. The van der Waals surface area contributed by atoms with E-state index < -0.39 is 41.8 Å². The first-order valence-electron chi connectivity index (χ1n) is 11.4. The van der Waals surface area contributed by atoms with E-state index in [-0.39, 0.29) is 11.9 Å². The van der Waals surface area contributed by atoms with Gasteiger partial charge in [0.15, 0.2) is 0 Å². The summed E-state index contributed by atoms with van der Waals surface area (Å²) < 4.78 is 5.26. The molecule has 8 heteroatoms. The Bertz CT molecular complexity index is 830. The third-order valence-corrected chi connectivity index (χ3v) is 5.22. The van der Waals surface area contributed by atoms with E-state index in [9.17, 15) is 19.5 Å². The van der Waals surface area contributed by atoms with Crippen LogP contribution in [0.5, 0.6) is 0 Å². The number of ether oxygens (including phenoxy) is 1. The van der Waals surface area contributed by atoms with Crippen molar-refractivity contribution in [3.8, 4) is 0 Å². The van der Waals surface area contributed by atoms with Crippen molar-refractivity contribution in [1.29, 1.82) is 0 Å². The zero-order valence-corrected chi connectivity index (χ0v) is 21.5. The summed E-state index contributed by atoms with van der Waals surface area (Å²) in [5.41, 5.74) is 0.0682. The van der Waals surface area contributed by atoms with Gasteiger partial charge in [0.1, 0.15) is 17.7 Å². The number of benzene rings is 1. The van der Waals surface area contributed by atoms with E-state index in [4.69, 9.17) is 4.74 Å².